The topological polar surface area (TPSA) is 38.1 Å². The summed E-state index contributed by atoms with van der Waals surface area (Å²) >= 11 is 6.19. The van der Waals surface area contributed by atoms with E-state index in [0.29, 0.717) is 10.7 Å². The molecule has 0 spiro atoms. The smallest absolute Gasteiger partial charge is 0.133 e. The molecule has 1 heterocycles. The van der Waals surface area contributed by atoms with Crippen LogP contribution in [-0.4, -0.2) is 14.9 Å². The molecule has 1 aromatic heterocycles. The van der Waals surface area contributed by atoms with Crippen LogP contribution in [0.1, 0.15) is 34.1 Å². The SMILES string of the molecule is Cc1ccc(C)c(C(O)c2c(C)nn(C)c2Cl)c1. The lowest BCUT2D eigenvalue weighted by Gasteiger charge is -2.14. The highest BCUT2D eigenvalue weighted by atomic mass is 35.5. The maximum Gasteiger partial charge on any atom is 0.133 e. The average molecular weight is 265 g/mol. The fourth-order valence-electron chi connectivity index (χ4n) is 2.17. The quantitative estimate of drug-likeness (QED) is 0.905. The first-order chi connectivity index (χ1) is 8.41. The summed E-state index contributed by atoms with van der Waals surface area (Å²) in [7, 11) is 1.77. The Hall–Kier alpha value is -1.32. The Bertz CT molecular complexity index is 590. The van der Waals surface area contributed by atoms with Crippen molar-refractivity contribution in [1.29, 1.82) is 0 Å². The van der Waals surface area contributed by atoms with Crippen molar-refractivity contribution in [3.8, 4) is 0 Å². The summed E-state index contributed by atoms with van der Waals surface area (Å²) in [6.45, 7) is 5.85. The van der Waals surface area contributed by atoms with Crippen molar-refractivity contribution in [3.63, 3.8) is 0 Å². The summed E-state index contributed by atoms with van der Waals surface area (Å²) in [6.07, 6.45) is -0.730. The molecule has 2 aromatic rings. The van der Waals surface area contributed by atoms with E-state index in [1.54, 1.807) is 11.7 Å². The Morgan fingerprint density at radius 3 is 2.50 bits per heavy atom. The number of aliphatic hydroxyl groups is 1. The van der Waals surface area contributed by atoms with Crippen molar-refractivity contribution in [2.75, 3.05) is 0 Å². The Morgan fingerprint density at radius 2 is 1.94 bits per heavy atom. The van der Waals surface area contributed by atoms with E-state index in [0.717, 1.165) is 22.4 Å². The minimum Gasteiger partial charge on any atom is -0.383 e. The van der Waals surface area contributed by atoms with Gasteiger partial charge in [0, 0.05) is 12.6 Å². The molecule has 0 radical (unpaired) electrons. The molecule has 0 fully saturated rings. The van der Waals surface area contributed by atoms with Crippen LogP contribution in [0.2, 0.25) is 5.15 Å². The highest BCUT2D eigenvalue weighted by Crippen LogP contribution is 2.32. The van der Waals surface area contributed by atoms with Gasteiger partial charge in [0.1, 0.15) is 11.3 Å². The number of halogens is 1. The van der Waals surface area contributed by atoms with Gasteiger partial charge >= 0.3 is 0 Å². The molecule has 1 atom stereocenters. The molecule has 3 nitrogen and oxygen atoms in total. The lowest BCUT2D eigenvalue weighted by atomic mass is 9.96. The number of rotatable bonds is 2. The normalized spacial score (nSPS) is 12.8. The van der Waals surface area contributed by atoms with E-state index in [1.807, 2.05) is 39.0 Å². The lowest BCUT2D eigenvalue weighted by Crippen LogP contribution is -2.04. The molecule has 0 bridgehead atoms. The zero-order chi connectivity index (χ0) is 13.4. The third-order valence-electron chi connectivity index (χ3n) is 3.20. The first-order valence-corrected chi connectivity index (χ1v) is 6.23. The van der Waals surface area contributed by atoms with E-state index in [2.05, 4.69) is 5.10 Å². The standard InChI is InChI=1S/C14H17ClN2O/c1-8-5-6-9(2)11(7-8)13(18)12-10(3)16-17(4)14(12)15/h5-7,13,18H,1-4H3. The first kappa shape index (κ1) is 13.1. The molecule has 1 aromatic carbocycles. The van der Waals surface area contributed by atoms with Gasteiger partial charge in [-0.3, -0.25) is 4.68 Å². The van der Waals surface area contributed by atoms with E-state index < -0.39 is 6.10 Å². The molecule has 0 aliphatic heterocycles. The number of hydrogen-bond acceptors (Lipinski definition) is 2. The van der Waals surface area contributed by atoms with E-state index >= 15 is 0 Å². The van der Waals surface area contributed by atoms with Crippen LogP contribution in [0.25, 0.3) is 0 Å². The Morgan fingerprint density at radius 1 is 1.28 bits per heavy atom. The summed E-state index contributed by atoms with van der Waals surface area (Å²) < 4.78 is 1.58. The van der Waals surface area contributed by atoms with E-state index in [4.69, 9.17) is 11.6 Å². The molecular formula is C14H17ClN2O. The van der Waals surface area contributed by atoms with Crippen molar-refractivity contribution >= 4 is 11.6 Å². The van der Waals surface area contributed by atoms with Crippen LogP contribution >= 0.6 is 11.6 Å². The van der Waals surface area contributed by atoms with Crippen LogP contribution in [0.15, 0.2) is 18.2 Å². The predicted octanol–water partition coefficient (Wildman–Crippen LogP) is 3.08. The summed E-state index contributed by atoms with van der Waals surface area (Å²) in [5.74, 6) is 0. The second kappa shape index (κ2) is 4.75. The van der Waals surface area contributed by atoms with Crippen LogP contribution in [0.4, 0.5) is 0 Å². The first-order valence-electron chi connectivity index (χ1n) is 5.86. The summed E-state index contributed by atoms with van der Waals surface area (Å²) in [4.78, 5) is 0. The molecule has 0 aliphatic carbocycles. The molecule has 0 saturated heterocycles. The number of hydrogen-bond donors (Lipinski definition) is 1. The van der Waals surface area contributed by atoms with Crippen molar-refractivity contribution in [2.45, 2.75) is 26.9 Å². The van der Waals surface area contributed by atoms with E-state index in [1.165, 1.54) is 0 Å². The molecule has 0 saturated carbocycles. The Balaban J connectivity index is 2.54. The van der Waals surface area contributed by atoms with Crippen LogP contribution in [-0.2, 0) is 7.05 Å². The van der Waals surface area contributed by atoms with Crippen LogP contribution in [0.3, 0.4) is 0 Å². The molecule has 1 unspecified atom stereocenters. The van der Waals surface area contributed by atoms with Crippen LogP contribution in [0, 0.1) is 20.8 Å². The largest absolute Gasteiger partial charge is 0.383 e. The lowest BCUT2D eigenvalue weighted by molar-refractivity contribution is 0.218. The third-order valence-corrected chi connectivity index (χ3v) is 3.65. The Labute approximate surface area is 112 Å². The molecule has 96 valence electrons. The summed E-state index contributed by atoms with van der Waals surface area (Å²) in [5.41, 5.74) is 4.50. The second-order valence-electron chi connectivity index (χ2n) is 4.68. The fraction of sp³-hybridized carbons (Fsp3) is 0.357. The van der Waals surface area contributed by atoms with Gasteiger partial charge in [0.05, 0.1) is 5.69 Å². The third kappa shape index (κ3) is 2.16. The van der Waals surface area contributed by atoms with Gasteiger partial charge in [0.15, 0.2) is 0 Å². The van der Waals surface area contributed by atoms with E-state index in [-0.39, 0.29) is 0 Å². The van der Waals surface area contributed by atoms with Crippen LogP contribution in [0.5, 0.6) is 0 Å². The molecule has 0 amide bonds. The second-order valence-corrected chi connectivity index (χ2v) is 5.03. The number of aliphatic hydroxyl groups excluding tert-OH is 1. The minimum absolute atomic E-state index is 0.487. The van der Waals surface area contributed by atoms with Crippen molar-refractivity contribution in [2.24, 2.45) is 7.05 Å². The Kier molecular flexibility index (Phi) is 3.46. The molecular weight excluding hydrogens is 248 g/mol. The van der Waals surface area contributed by atoms with Gasteiger partial charge in [-0.05, 0) is 31.9 Å². The maximum atomic E-state index is 10.5. The average Bonchev–Trinajstić information content (AvgIpc) is 2.56. The number of nitrogens with zero attached hydrogens (tertiary/aromatic N) is 2. The van der Waals surface area contributed by atoms with Gasteiger partial charge in [-0.15, -0.1) is 0 Å². The predicted molar refractivity (Wildman–Crippen MR) is 72.9 cm³/mol. The summed E-state index contributed by atoms with van der Waals surface area (Å²) in [5, 5.41) is 15.3. The molecule has 2 rings (SSSR count). The molecule has 0 aliphatic rings. The van der Waals surface area contributed by atoms with Gasteiger partial charge in [-0.1, -0.05) is 35.4 Å². The molecule has 1 N–H and O–H groups in total. The van der Waals surface area contributed by atoms with E-state index in [9.17, 15) is 5.11 Å². The monoisotopic (exact) mass is 264 g/mol. The molecule has 18 heavy (non-hydrogen) atoms. The summed E-state index contributed by atoms with van der Waals surface area (Å²) in [6, 6.07) is 6.03. The number of aromatic nitrogens is 2. The van der Waals surface area contributed by atoms with Crippen molar-refractivity contribution in [3.05, 3.63) is 51.3 Å². The van der Waals surface area contributed by atoms with Gasteiger partial charge in [0.2, 0.25) is 0 Å². The zero-order valence-corrected chi connectivity index (χ0v) is 11.8. The minimum atomic E-state index is -0.730. The molecule has 4 heteroatoms. The fourth-order valence-corrected chi connectivity index (χ4v) is 2.44. The van der Waals surface area contributed by atoms with Crippen LogP contribution < -0.4 is 0 Å². The van der Waals surface area contributed by atoms with Crippen molar-refractivity contribution < 1.29 is 5.11 Å². The van der Waals surface area contributed by atoms with Gasteiger partial charge < -0.3 is 5.11 Å². The zero-order valence-electron chi connectivity index (χ0n) is 11.0. The highest BCUT2D eigenvalue weighted by molar-refractivity contribution is 6.30. The van der Waals surface area contributed by atoms with Gasteiger partial charge in [0.25, 0.3) is 0 Å². The van der Waals surface area contributed by atoms with Crippen molar-refractivity contribution in [1.82, 2.24) is 9.78 Å². The number of benzene rings is 1. The maximum absolute atomic E-state index is 10.5. The van der Waals surface area contributed by atoms with Gasteiger partial charge in [-0.2, -0.15) is 5.10 Å². The van der Waals surface area contributed by atoms with Gasteiger partial charge in [-0.25, -0.2) is 0 Å². The highest BCUT2D eigenvalue weighted by Gasteiger charge is 2.22. The number of aryl methyl sites for hydroxylation is 4.